The lowest BCUT2D eigenvalue weighted by Gasteiger charge is -2.44. The second kappa shape index (κ2) is 3.75. The van der Waals surface area contributed by atoms with E-state index in [1.54, 1.807) is 11.1 Å². The summed E-state index contributed by atoms with van der Waals surface area (Å²) in [6.07, 6.45) is 9.62. The van der Waals surface area contributed by atoms with E-state index >= 15 is 0 Å². The average molecular weight is 290 g/mol. The predicted molar refractivity (Wildman–Crippen MR) is 85.7 cm³/mol. The van der Waals surface area contributed by atoms with E-state index in [9.17, 15) is 4.79 Å². The summed E-state index contributed by atoms with van der Waals surface area (Å²) in [7, 11) is 0. The van der Waals surface area contributed by atoms with Crippen LogP contribution in [0.2, 0.25) is 0 Å². The lowest BCUT2D eigenvalue weighted by atomic mass is 9.59. The fourth-order valence-electron chi connectivity index (χ4n) is 6.92. The lowest BCUT2D eigenvalue weighted by molar-refractivity contribution is -0.126. The van der Waals surface area contributed by atoms with Gasteiger partial charge in [-0.05, 0) is 67.6 Å². The van der Waals surface area contributed by atoms with E-state index in [0.29, 0.717) is 24.0 Å². The fraction of sp³-hybridized carbons (Fsp3) is 0.571. The van der Waals surface area contributed by atoms with Crippen LogP contribution in [0.3, 0.4) is 0 Å². The first kappa shape index (κ1) is 12.1. The monoisotopic (exact) mass is 290 g/mol. The maximum absolute atomic E-state index is 13.0. The number of rotatable bonds is 0. The zero-order valence-corrected chi connectivity index (χ0v) is 13.0. The number of benzene rings is 1. The fourth-order valence-corrected chi connectivity index (χ4v) is 6.92. The van der Waals surface area contributed by atoms with Crippen LogP contribution >= 0.6 is 0 Å². The van der Waals surface area contributed by atoms with Gasteiger partial charge in [0.1, 0.15) is 5.78 Å². The molecule has 1 aromatic carbocycles. The number of hydrogen-bond donors (Lipinski definition) is 0. The van der Waals surface area contributed by atoms with Gasteiger partial charge in [-0.3, -0.25) is 4.79 Å². The molecule has 1 heteroatoms. The second-order valence-corrected chi connectivity index (χ2v) is 8.40. The third-order valence-electron chi connectivity index (χ3n) is 7.71. The van der Waals surface area contributed by atoms with Gasteiger partial charge >= 0.3 is 0 Å². The van der Waals surface area contributed by atoms with Gasteiger partial charge in [0, 0.05) is 23.7 Å². The van der Waals surface area contributed by atoms with Gasteiger partial charge in [-0.15, -0.1) is 0 Å². The standard InChI is InChI=1S/C21H22O/c22-19-10-15-8-13-5-4-12(15)9-18(19)21-7-6-14(11-21)20-16(13)2-1-3-17(20)21/h4-5,8,14,16,18H,1-3,6-7,9-11H2. The molecule has 0 aliphatic heterocycles. The van der Waals surface area contributed by atoms with Crippen LogP contribution in [-0.2, 0) is 17.6 Å². The molecule has 0 aromatic heterocycles. The largest absolute Gasteiger partial charge is 0.299 e. The summed E-state index contributed by atoms with van der Waals surface area (Å²) in [6, 6.07) is 7.14. The van der Waals surface area contributed by atoms with Gasteiger partial charge in [0.15, 0.2) is 0 Å². The number of fused-ring (bicyclic) bond motifs is 3. The van der Waals surface area contributed by atoms with Crippen LogP contribution in [0.4, 0.5) is 0 Å². The first-order valence-corrected chi connectivity index (χ1v) is 9.14. The Morgan fingerprint density at radius 1 is 1.14 bits per heavy atom. The Morgan fingerprint density at radius 2 is 2.09 bits per heavy atom. The van der Waals surface area contributed by atoms with Crippen LogP contribution in [0.15, 0.2) is 29.3 Å². The van der Waals surface area contributed by atoms with Crippen molar-refractivity contribution in [3.05, 3.63) is 46.0 Å². The van der Waals surface area contributed by atoms with Crippen molar-refractivity contribution in [1.82, 2.24) is 0 Å². The molecule has 6 aliphatic carbocycles. The molecule has 9 bridgehead atoms. The quantitative estimate of drug-likeness (QED) is 0.649. The lowest BCUT2D eigenvalue weighted by Crippen LogP contribution is -2.41. The van der Waals surface area contributed by atoms with E-state index in [2.05, 4.69) is 18.2 Å². The number of allylic oxidation sites excluding steroid dienone is 2. The molecule has 1 fully saturated rings. The van der Waals surface area contributed by atoms with E-state index in [4.69, 9.17) is 0 Å². The predicted octanol–water partition coefficient (Wildman–Crippen LogP) is 4.35. The van der Waals surface area contributed by atoms with Crippen molar-refractivity contribution < 1.29 is 4.79 Å². The zero-order chi connectivity index (χ0) is 14.5. The van der Waals surface area contributed by atoms with Crippen LogP contribution in [-0.4, -0.2) is 5.78 Å². The van der Waals surface area contributed by atoms with E-state index < -0.39 is 0 Å². The van der Waals surface area contributed by atoms with Crippen molar-refractivity contribution >= 4 is 5.78 Å². The van der Waals surface area contributed by atoms with E-state index in [1.165, 1.54) is 55.2 Å². The van der Waals surface area contributed by atoms with E-state index in [0.717, 1.165) is 12.3 Å². The van der Waals surface area contributed by atoms with Crippen molar-refractivity contribution in [3.63, 3.8) is 0 Å². The Kier molecular flexibility index (Phi) is 2.06. The molecule has 0 amide bonds. The first-order chi connectivity index (χ1) is 10.8. The highest BCUT2D eigenvalue weighted by Gasteiger charge is 2.58. The molecule has 0 heterocycles. The molecule has 0 saturated heterocycles. The molecule has 0 N–H and O–H groups in total. The summed E-state index contributed by atoms with van der Waals surface area (Å²) < 4.78 is 0. The Bertz CT molecular complexity index is 755. The van der Waals surface area contributed by atoms with Crippen LogP contribution in [0, 0.1) is 17.3 Å². The maximum atomic E-state index is 13.0. The van der Waals surface area contributed by atoms with Crippen LogP contribution in [0.25, 0.3) is 0 Å². The highest BCUT2D eigenvalue weighted by atomic mass is 16.1. The second-order valence-electron chi connectivity index (χ2n) is 8.40. The Morgan fingerprint density at radius 3 is 3.05 bits per heavy atom. The molecule has 7 rings (SSSR count). The van der Waals surface area contributed by atoms with Crippen LogP contribution in [0.5, 0.6) is 0 Å². The van der Waals surface area contributed by atoms with Gasteiger partial charge in [-0.1, -0.05) is 29.3 Å². The topological polar surface area (TPSA) is 17.1 Å². The Balaban J connectivity index is 1.71. The van der Waals surface area contributed by atoms with Crippen molar-refractivity contribution in [2.45, 2.75) is 57.3 Å². The number of carbonyl (C=O) groups excluding carboxylic acids is 1. The summed E-state index contributed by atoms with van der Waals surface area (Å²) in [5.41, 5.74) is 8.18. The molecule has 22 heavy (non-hydrogen) atoms. The molecule has 0 radical (unpaired) electrons. The minimum Gasteiger partial charge on any atom is -0.299 e. The third kappa shape index (κ3) is 1.23. The summed E-state index contributed by atoms with van der Waals surface area (Å²) in [5.74, 6) is 2.31. The molecule has 6 aliphatic rings. The van der Waals surface area contributed by atoms with Crippen LogP contribution in [0.1, 0.15) is 61.1 Å². The molecule has 1 nitrogen and oxygen atoms in total. The van der Waals surface area contributed by atoms with E-state index in [1.807, 2.05) is 0 Å². The minimum absolute atomic E-state index is 0.278. The minimum atomic E-state index is 0.278. The summed E-state index contributed by atoms with van der Waals surface area (Å²) in [5, 5.41) is 0. The molecule has 4 atom stereocenters. The zero-order valence-electron chi connectivity index (χ0n) is 13.0. The van der Waals surface area contributed by atoms with Gasteiger partial charge < -0.3 is 0 Å². The van der Waals surface area contributed by atoms with E-state index in [-0.39, 0.29) is 5.41 Å². The normalized spacial score (nSPS) is 40.7. The highest BCUT2D eigenvalue weighted by Crippen LogP contribution is 2.67. The number of Topliss-reactive ketones (excluding diaryl/α,β-unsaturated/α-hetero) is 1. The molecule has 1 spiro atoms. The van der Waals surface area contributed by atoms with Gasteiger partial charge in [0.05, 0.1) is 0 Å². The SMILES string of the molecule is O=C1Cc2cc3ccc2CC1C12CCC(C1)C1=C2CCCC13. The number of ketones is 1. The van der Waals surface area contributed by atoms with Gasteiger partial charge in [0.25, 0.3) is 0 Å². The number of carbonyl (C=O) groups is 1. The smallest absolute Gasteiger partial charge is 0.141 e. The van der Waals surface area contributed by atoms with Crippen molar-refractivity contribution in [1.29, 1.82) is 0 Å². The average Bonchev–Trinajstić information content (AvgIpc) is 3.10. The van der Waals surface area contributed by atoms with Gasteiger partial charge in [0.2, 0.25) is 0 Å². The molecular weight excluding hydrogens is 268 g/mol. The first-order valence-electron chi connectivity index (χ1n) is 9.14. The maximum Gasteiger partial charge on any atom is 0.141 e. The highest BCUT2D eigenvalue weighted by molar-refractivity contribution is 5.87. The van der Waals surface area contributed by atoms with Crippen LogP contribution < -0.4 is 0 Å². The van der Waals surface area contributed by atoms with Gasteiger partial charge in [-0.25, -0.2) is 0 Å². The number of hydrogen-bond acceptors (Lipinski definition) is 1. The summed E-state index contributed by atoms with van der Waals surface area (Å²) in [6.45, 7) is 0. The summed E-state index contributed by atoms with van der Waals surface area (Å²) in [4.78, 5) is 13.0. The van der Waals surface area contributed by atoms with Crippen molar-refractivity contribution in [2.75, 3.05) is 0 Å². The summed E-state index contributed by atoms with van der Waals surface area (Å²) >= 11 is 0. The van der Waals surface area contributed by atoms with Gasteiger partial charge in [-0.2, -0.15) is 0 Å². The third-order valence-corrected chi connectivity index (χ3v) is 7.71. The molecule has 4 unspecified atom stereocenters. The van der Waals surface area contributed by atoms with Crippen molar-refractivity contribution in [2.24, 2.45) is 17.3 Å². The Labute approximate surface area is 131 Å². The molecule has 1 aromatic rings. The van der Waals surface area contributed by atoms with Crippen molar-refractivity contribution in [3.8, 4) is 0 Å². The molecule has 1 saturated carbocycles. The molecular formula is C21H22O. The molecule has 112 valence electrons. The Hall–Kier alpha value is -1.37.